The number of carbonyl (C=O) groups is 1. The minimum absolute atomic E-state index is 0.140. The van der Waals surface area contributed by atoms with Crippen LogP contribution in [0.5, 0.6) is 11.5 Å². The molecule has 4 rings (SSSR count). The molecule has 0 atom stereocenters. The van der Waals surface area contributed by atoms with Crippen LogP contribution in [0.15, 0.2) is 72.8 Å². The zero-order chi connectivity index (χ0) is 28.9. The van der Waals surface area contributed by atoms with Crippen molar-refractivity contribution >= 4 is 17.7 Å². The molecule has 4 aromatic rings. The highest BCUT2D eigenvalue weighted by Gasteiger charge is 2.30. The number of amides is 1. The Morgan fingerprint density at radius 2 is 1.77 bits per heavy atom. The van der Waals surface area contributed by atoms with Gasteiger partial charge in [-0.2, -0.15) is 18.3 Å². The van der Waals surface area contributed by atoms with Crippen LogP contribution in [0.2, 0.25) is 0 Å². The lowest BCUT2D eigenvalue weighted by atomic mass is 10.1. The molecule has 0 unspecified atom stereocenters. The Labute approximate surface area is 231 Å². The molecule has 0 aliphatic carbocycles. The number of aromatic nitrogens is 2. The SMILES string of the molecule is COc1ccc(/C=C/C(=O)Nc2c(C)nn(Cc3cccc(C(F)(F)F)c3)c2C)cc1COc1ccccc1C. The standard InChI is InChI=1S/C31H30F3N3O3/c1-20-8-5-6-11-27(20)40-19-25-16-23(12-14-28(25)39-4)13-15-29(38)35-30-21(2)36-37(22(30)3)18-24-9-7-10-26(17-24)31(32,33)34/h5-17H,18-19H2,1-4H3,(H,35,38)/b15-13+. The van der Waals surface area contributed by atoms with Gasteiger partial charge in [0.05, 0.1) is 36.3 Å². The fourth-order valence-corrected chi connectivity index (χ4v) is 4.28. The van der Waals surface area contributed by atoms with Crippen LogP contribution in [0.1, 0.15) is 39.2 Å². The fraction of sp³-hybridized carbons (Fsp3) is 0.226. The normalized spacial score (nSPS) is 11.6. The maximum atomic E-state index is 13.1. The molecule has 0 radical (unpaired) electrons. The van der Waals surface area contributed by atoms with Crippen molar-refractivity contribution in [2.45, 2.75) is 40.1 Å². The average Bonchev–Trinajstić information content (AvgIpc) is 3.18. The van der Waals surface area contributed by atoms with Crippen LogP contribution in [0.25, 0.3) is 6.08 Å². The summed E-state index contributed by atoms with van der Waals surface area (Å²) in [6, 6.07) is 18.4. The van der Waals surface area contributed by atoms with Gasteiger partial charge >= 0.3 is 6.18 Å². The number of aryl methyl sites for hydroxylation is 2. The molecule has 1 aromatic heterocycles. The quantitative estimate of drug-likeness (QED) is 0.226. The van der Waals surface area contributed by atoms with E-state index in [4.69, 9.17) is 9.47 Å². The number of alkyl halides is 3. The van der Waals surface area contributed by atoms with E-state index in [0.717, 1.165) is 34.6 Å². The Morgan fingerprint density at radius 3 is 2.50 bits per heavy atom. The average molecular weight is 550 g/mol. The van der Waals surface area contributed by atoms with Crippen molar-refractivity contribution in [2.75, 3.05) is 12.4 Å². The fourth-order valence-electron chi connectivity index (χ4n) is 4.28. The van der Waals surface area contributed by atoms with E-state index in [-0.39, 0.29) is 12.5 Å². The summed E-state index contributed by atoms with van der Waals surface area (Å²) in [6.07, 6.45) is -1.32. The molecule has 1 amide bonds. The van der Waals surface area contributed by atoms with Gasteiger partial charge in [-0.3, -0.25) is 9.48 Å². The monoisotopic (exact) mass is 549 g/mol. The zero-order valence-electron chi connectivity index (χ0n) is 22.7. The van der Waals surface area contributed by atoms with Gasteiger partial charge in [-0.25, -0.2) is 0 Å². The lowest BCUT2D eigenvalue weighted by molar-refractivity contribution is -0.137. The van der Waals surface area contributed by atoms with E-state index in [9.17, 15) is 18.0 Å². The van der Waals surface area contributed by atoms with E-state index < -0.39 is 11.7 Å². The smallest absolute Gasteiger partial charge is 0.416 e. The molecule has 1 heterocycles. The number of para-hydroxylation sites is 1. The Balaban J connectivity index is 1.44. The number of nitrogens with zero attached hydrogens (tertiary/aromatic N) is 2. The summed E-state index contributed by atoms with van der Waals surface area (Å²) in [6.45, 7) is 5.91. The number of benzene rings is 3. The molecule has 9 heteroatoms. The van der Waals surface area contributed by atoms with E-state index in [2.05, 4.69) is 10.4 Å². The summed E-state index contributed by atoms with van der Waals surface area (Å²) in [5.74, 6) is 1.09. The van der Waals surface area contributed by atoms with Gasteiger partial charge in [0, 0.05) is 11.6 Å². The topological polar surface area (TPSA) is 65.4 Å². The van der Waals surface area contributed by atoms with E-state index in [1.165, 1.54) is 12.1 Å². The zero-order valence-corrected chi connectivity index (χ0v) is 22.7. The molecule has 0 saturated carbocycles. The van der Waals surface area contributed by atoms with Crippen molar-refractivity contribution in [1.29, 1.82) is 0 Å². The Bertz CT molecular complexity index is 1540. The molecule has 0 aliphatic heterocycles. The molecule has 0 aliphatic rings. The predicted molar refractivity (Wildman–Crippen MR) is 148 cm³/mol. The third-order valence-electron chi connectivity index (χ3n) is 6.42. The summed E-state index contributed by atoms with van der Waals surface area (Å²) in [5.41, 5.74) is 4.10. The number of halogens is 3. The van der Waals surface area contributed by atoms with Crippen LogP contribution in [0.4, 0.5) is 18.9 Å². The maximum absolute atomic E-state index is 13.1. The molecule has 1 N–H and O–H groups in total. The van der Waals surface area contributed by atoms with Crippen LogP contribution < -0.4 is 14.8 Å². The van der Waals surface area contributed by atoms with E-state index in [1.807, 2.05) is 49.4 Å². The first-order chi connectivity index (χ1) is 19.0. The number of ether oxygens (including phenoxy) is 2. The first-order valence-electron chi connectivity index (χ1n) is 12.6. The number of carbonyl (C=O) groups excluding carboxylic acids is 1. The second-order valence-corrected chi connectivity index (χ2v) is 9.35. The third kappa shape index (κ3) is 6.91. The van der Waals surface area contributed by atoms with Gasteiger partial charge in [0.15, 0.2) is 0 Å². The van der Waals surface area contributed by atoms with E-state index >= 15 is 0 Å². The van der Waals surface area contributed by atoms with Crippen molar-refractivity contribution < 1.29 is 27.4 Å². The molecule has 0 spiro atoms. The predicted octanol–water partition coefficient (Wildman–Crippen LogP) is 7.11. The second-order valence-electron chi connectivity index (χ2n) is 9.35. The molecule has 0 bridgehead atoms. The van der Waals surface area contributed by atoms with Gasteiger partial charge in [0.1, 0.15) is 18.1 Å². The van der Waals surface area contributed by atoms with Gasteiger partial charge in [-0.05, 0) is 73.9 Å². The second kappa shape index (κ2) is 12.1. The minimum atomic E-state index is -4.42. The molecule has 3 aromatic carbocycles. The lowest BCUT2D eigenvalue weighted by Gasteiger charge is -2.12. The molecule has 208 valence electrons. The number of hydrogen-bond donors (Lipinski definition) is 1. The Kier molecular flexibility index (Phi) is 8.62. The van der Waals surface area contributed by atoms with E-state index in [1.54, 1.807) is 37.8 Å². The van der Waals surface area contributed by atoms with Crippen LogP contribution in [-0.2, 0) is 24.1 Å². The van der Waals surface area contributed by atoms with Crippen LogP contribution in [0, 0.1) is 20.8 Å². The highest BCUT2D eigenvalue weighted by Crippen LogP contribution is 2.30. The molecule has 40 heavy (non-hydrogen) atoms. The van der Waals surface area contributed by atoms with Gasteiger partial charge in [0.2, 0.25) is 5.91 Å². The van der Waals surface area contributed by atoms with Crippen molar-refractivity contribution in [3.63, 3.8) is 0 Å². The summed E-state index contributed by atoms with van der Waals surface area (Å²) in [5, 5.41) is 7.26. The number of anilines is 1. The number of methoxy groups -OCH3 is 1. The molecule has 0 saturated heterocycles. The van der Waals surface area contributed by atoms with Gasteiger partial charge in [0.25, 0.3) is 0 Å². The Morgan fingerprint density at radius 1 is 1.00 bits per heavy atom. The van der Waals surface area contributed by atoms with Gasteiger partial charge < -0.3 is 14.8 Å². The lowest BCUT2D eigenvalue weighted by Crippen LogP contribution is -2.10. The number of nitrogens with one attached hydrogen (secondary N) is 1. The summed E-state index contributed by atoms with van der Waals surface area (Å²) >= 11 is 0. The Hall–Kier alpha value is -4.53. The largest absolute Gasteiger partial charge is 0.496 e. The highest BCUT2D eigenvalue weighted by atomic mass is 19.4. The molecular weight excluding hydrogens is 519 g/mol. The molecule has 6 nitrogen and oxygen atoms in total. The number of rotatable bonds is 9. The minimum Gasteiger partial charge on any atom is -0.496 e. The maximum Gasteiger partial charge on any atom is 0.416 e. The molecule has 0 fully saturated rings. The van der Waals surface area contributed by atoms with Gasteiger partial charge in [-0.1, -0.05) is 36.4 Å². The van der Waals surface area contributed by atoms with Crippen LogP contribution in [0.3, 0.4) is 0 Å². The van der Waals surface area contributed by atoms with Gasteiger partial charge in [-0.15, -0.1) is 0 Å². The van der Waals surface area contributed by atoms with E-state index in [0.29, 0.717) is 35.0 Å². The van der Waals surface area contributed by atoms with Crippen molar-refractivity contribution in [2.24, 2.45) is 0 Å². The van der Waals surface area contributed by atoms with Crippen molar-refractivity contribution in [3.8, 4) is 11.5 Å². The van der Waals surface area contributed by atoms with Crippen molar-refractivity contribution in [1.82, 2.24) is 9.78 Å². The number of hydrogen-bond acceptors (Lipinski definition) is 4. The summed E-state index contributed by atoms with van der Waals surface area (Å²) in [4.78, 5) is 12.8. The highest BCUT2D eigenvalue weighted by molar-refractivity contribution is 6.02. The van der Waals surface area contributed by atoms with Crippen LogP contribution in [-0.4, -0.2) is 22.8 Å². The summed E-state index contributed by atoms with van der Waals surface area (Å²) < 4.78 is 52.3. The first kappa shape index (κ1) is 28.5. The molecular formula is C31H30F3N3O3. The van der Waals surface area contributed by atoms with Crippen molar-refractivity contribution in [3.05, 3.63) is 112 Å². The third-order valence-corrected chi connectivity index (χ3v) is 6.42. The van der Waals surface area contributed by atoms with Crippen LogP contribution >= 0.6 is 0 Å². The first-order valence-corrected chi connectivity index (χ1v) is 12.6. The summed E-state index contributed by atoms with van der Waals surface area (Å²) in [7, 11) is 1.59.